The van der Waals surface area contributed by atoms with Crippen LogP contribution in [0.5, 0.6) is 0 Å². The zero-order valence-electron chi connectivity index (χ0n) is 14.4. The minimum Gasteiger partial charge on any atom is -0.331 e. The van der Waals surface area contributed by atoms with Crippen molar-refractivity contribution in [1.82, 2.24) is 4.98 Å². The van der Waals surface area contributed by atoms with E-state index in [-0.39, 0.29) is 0 Å². The number of nitrogens with zero attached hydrogens (tertiary/aromatic N) is 1. The Morgan fingerprint density at radius 3 is 1.89 bits per heavy atom. The Labute approximate surface area is 186 Å². The molecule has 0 amide bonds. The van der Waals surface area contributed by atoms with Crippen LogP contribution < -0.4 is 5.32 Å². The van der Waals surface area contributed by atoms with E-state index in [9.17, 15) is 0 Å². The van der Waals surface area contributed by atoms with Crippen molar-refractivity contribution in [2.75, 3.05) is 5.32 Å². The number of hydrogen-bond donors (Lipinski definition) is 1. The lowest BCUT2D eigenvalue weighted by Crippen LogP contribution is -1.88. The number of thiazole rings is 1. The van der Waals surface area contributed by atoms with Crippen LogP contribution in [-0.4, -0.2) is 4.98 Å². The summed E-state index contributed by atoms with van der Waals surface area (Å²) in [5.74, 6) is 0. The van der Waals surface area contributed by atoms with Crippen LogP contribution >= 0.6 is 58.1 Å². The van der Waals surface area contributed by atoms with E-state index in [1.54, 1.807) is 34.9 Å². The summed E-state index contributed by atoms with van der Waals surface area (Å²) in [5.41, 5.74) is 1.02. The van der Waals surface area contributed by atoms with E-state index in [1.807, 2.05) is 78.9 Å². The molecule has 0 bridgehead atoms. The Morgan fingerprint density at radius 1 is 0.714 bits per heavy atom. The fourth-order valence-corrected chi connectivity index (χ4v) is 5.79. The second kappa shape index (κ2) is 9.25. The number of rotatable bonds is 6. The molecule has 4 rings (SSSR count). The van der Waals surface area contributed by atoms with Gasteiger partial charge >= 0.3 is 0 Å². The van der Waals surface area contributed by atoms with Crippen LogP contribution in [0.2, 0.25) is 10.0 Å². The summed E-state index contributed by atoms with van der Waals surface area (Å²) >= 11 is 17.0. The predicted octanol–water partition coefficient (Wildman–Crippen LogP) is 8.50. The Kier molecular flexibility index (Phi) is 6.50. The van der Waals surface area contributed by atoms with Gasteiger partial charge in [-0.15, -0.1) is 0 Å². The van der Waals surface area contributed by atoms with Gasteiger partial charge in [-0.05, 0) is 60.7 Å². The van der Waals surface area contributed by atoms with Gasteiger partial charge in [-0.2, -0.15) is 0 Å². The van der Waals surface area contributed by atoms with Crippen molar-refractivity contribution in [3.05, 3.63) is 88.9 Å². The van der Waals surface area contributed by atoms with Crippen molar-refractivity contribution in [3.8, 4) is 0 Å². The van der Waals surface area contributed by atoms with E-state index < -0.39 is 0 Å². The number of hydrogen-bond acceptors (Lipinski definition) is 5. The molecule has 0 atom stereocenters. The smallest absolute Gasteiger partial charge is 0.189 e. The van der Waals surface area contributed by atoms with Crippen LogP contribution in [0.4, 0.5) is 10.8 Å². The zero-order chi connectivity index (χ0) is 19.3. The third kappa shape index (κ3) is 5.25. The number of para-hydroxylation sites is 1. The number of halogens is 2. The lowest BCUT2D eigenvalue weighted by molar-refractivity contribution is 1.13. The molecule has 3 aromatic carbocycles. The molecule has 0 aliphatic rings. The van der Waals surface area contributed by atoms with Gasteiger partial charge in [-0.1, -0.05) is 76.3 Å². The summed E-state index contributed by atoms with van der Waals surface area (Å²) in [7, 11) is 0. The van der Waals surface area contributed by atoms with E-state index >= 15 is 0 Å². The lowest BCUT2D eigenvalue weighted by atomic mass is 10.3. The molecule has 0 aliphatic heterocycles. The summed E-state index contributed by atoms with van der Waals surface area (Å²) in [6.07, 6.45) is 0. The topological polar surface area (TPSA) is 24.9 Å². The third-order valence-corrected chi connectivity index (χ3v) is 7.56. The molecular formula is C21H14Cl2N2S3. The van der Waals surface area contributed by atoms with Gasteiger partial charge in [0.05, 0.1) is 0 Å². The highest BCUT2D eigenvalue weighted by molar-refractivity contribution is 8.03. The van der Waals surface area contributed by atoms with Gasteiger partial charge in [0.15, 0.2) is 5.13 Å². The average molecular weight is 461 g/mol. The molecule has 0 fully saturated rings. The number of nitrogens with one attached hydrogen (secondary N) is 1. The van der Waals surface area contributed by atoms with Crippen LogP contribution in [0.25, 0.3) is 0 Å². The molecule has 0 aliphatic carbocycles. The monoisotopic (exact) mass is 460 g/mol. The molecule has 2 nitrogen and oxygen atoms in total. The van der Waals surface area contributed by atoms with Gasteiger partial charge < -0.3 is 5.32 Å². The molecule has 1 N–H and O–H groups in total. The SMILES string of the molecule is Clc1ccc(Sc2nc(Nc3ccccc3)sc2Sc2ccc(Cl)cc2)cc1. The summed E-state index contributed by atoms with van der Waals surface area (Å²) in [5, 5.41) is 6.68. The Bertz CT molecular complexity index is 984. The van der Waals surface area contributed by atoms with Crippen LogP contribution in [-0.2, 0) is 0 Å². The Balaban J connectivity index is 1.62. The highest BCUT2D eigenvalue weighted by Crippen LogP contribution is 2.44. The van der Waals surface area contributed by atoms with E-state index in [2.05, 4.69) is 5.32 Å². The fourth-order valence-electron chi connectivity index (χ4n) is 2.34. The van der Waals surface area contributed by atoms with E-state index in [0.29, 0.717) is 0 Å². The van der Waals surface area contributed by atoms with E-state index in [1.165, 1.54) is 0 Å². The van der Waals surface area contributed by atoms with Gasteiger partial charge in [0, 0.05) is 25.5 Å². The third-order valence-electron chi connectivity index (χ3n) is 3.64. The largest absolute Gasteiger partial charge is 0.331 e. The fraction of sp³-hybridized carbons (Fsp3) is 0. The van der Waals surface area contributed by atoms with Crippen LogP contribution in [0.3, 0.4) is 0 Å². The number of aromatic nitrogens is 1. The van der Waals surface area contributed by atoms with Crippen molar-refractivity contribution < 1.29 is 0 Å². The molecule has 0 spiro atoms. The van der Waals surface area contributed by atoms with Gasteiger partial charge in [0.2, 0.25) is 0 Å². The first kappa shape index (κ1) is 19.7. The maximum absolute atomic E-state index is 6.02. The molecule has 1 aromatic heterocycles. The molecular weight excluding hydrogens is 447 g/mol. The van der Waals surface area contributed by atoms with Gasteiger partial charge in [-0.3, -0.25) is 0 Å². The number of anilines is 2. The van der Waals surface area contributed by atoms with Crippen molar-refractivity contribution in [2.45, 2.75) is 19.0 Å². The molecule has 0 radical (unpaired) electrons. The molecule has 0 saturated heterocycles. The first-order valence-corrected chi connectivity index (χ1v) is 11.6. The maximum Gasteiger partial charge on any atom is 0.189 e. The first-order valence-electron chi connectivity index (χ1n) is 8.35. The highest BCUT2D eigenvalue weighted by atomic mass is 35.5. The van der Waals surface area contributed by atoms with Crippen LogP contribution in [0.1, 0.15) is 0 Å². The van der Waals surface area contributed by atoms with Gasteiger partial charge in [0.1, 0.15) is 9.24 Å². The van der Waals surface area contributed by atoms with Crippen molar-refractivity contribution >= 4 is 68.9 Å². The molecule has 0 saturated carbocycles. The molecule has 1 heterocycles. The molecule has 4 aromatic rings. The second-order valence-electron chi connectivity index (χ2n) is 5.71. The van der Waals surface area contributed by atoms with Crippen molar-refractivity contribution in [1.29, 1.82) is 0 Å². The average Bonchev–Trinajstić information content (AvgIpc) is 3.07. The Hall–Kier alpha value is -1.63. The normalized spacial score (nSPS) is 10.8. The zero-order valence-corrected chi connectivity index (χ0v) is 18.4. The summed E-state index contributed by atoms with van der Waals surface area (Å²) in [6.45, 7) is 0. The molecule has 7 heteroatoms. The van der Waals surface area contributed by atoms with Gasteiger partial charge in [0.25, 0.3) is 0 Å². The molecule has 28 heavy (non-hydrogen) atoms. The lowest BCUT2D eigenvalue weighted by Gasteiger charge is -2.03. The summed E-state index contributed by atoms with van der Waals surface area (Å²) in [6, 6.07) is 25.7. The molecule has 0 unspecified atom stereocenters. The maximum atomic E-state index is 6.02. The standard InChI is InChI=1S/C21H14Cl2N2S3/c22-14-6-10-17(11-7-14)26-19-20(27-18-12-8-15(23)9-13-18)28-21(25-19)24-16-4-2-1-3-5-16/h1-13H,(H,24,25). The van der Waals surface area contributed by atoms with Crippen LogP contribution in [0.15, 0.2) is 97.9 Å². The summed E-state index contributed by atoms with van der Waals surface area (Å²) in [4.78, 5) is 7.05. The summed E-state index contributed by atoms with van der Waals surface area (Å²) < 4.78 is 1.13. The minimum atomic E-state index is 0.727. The van der Waals surface area contributed by atoms with Crippen molar-refractivity contribution in [2.24, 2.45) is 0 Å². The minimum absolute atomic E-state index is 0.727. The van der Waals surface area contributed by atoms with E-state index in [0.717, 1.165) is 39.9 Å². The van der Waals surface area contributed by atoms with Crippen molar-refractivity contribution in [3.63, 3.8) is 0 Å². The highest BCUT2D eigenvalue weighted by Gasteiger charge is 2.15. The number of benzene rings is 3. The molecule has 140 valence electrons. The van der Waals surface area contributed by atoms with Crippen LogP contribution in [0, 0.1) is 0 Å². The quantitative estimate of drug-likeness (QED) is 0.311. The van der Waals surface area contributed by atoms with Gasteiger partial charge in [-0.25, -0.2) is 4.98 Å². The second-order valence-corrected chi connectivity index (χ2v) is 9.99. The first-order chi connectivity index (χ1) is 13.7. The Morgan fingerprint density at radius 2 is 1.29 bits per heavy atom. The predicted molar refractivity (Wildman–Crippen MR) is 123 cm³/mol. The van der Waals surface area contributed by atoms with E-state index in [4.69, 9.17) is 28.2 Å².